The number of nitrogens with one attached hydrogen (secondary N) is 1. The van der Waals surface area contributed by atoms with E-state index < -0.39 is 0 Å². The monoisotopic (exact) mass is 405 g/mol. The van der Waals surface area contributed by atoms with Gasteiger partial charge in [0.05, 0.1) is 11.4 Å². The molecule has 0 radical (unpaired) electrons. The predicted octanol–water partition coefficient (Wildman–Crippen LogP) is 4.32. The zero-order valence-corrected chi connectivity index (χ0v) is 13.4. The molecule has 0 aliphatic heterocycles. The maximum atomic E-state index is 4.47. The van der Waals surface area contributed by atoms with Crippen LogP contribution in [0.4, 0.5) is 11.6 Å². The highest BCUT2D eigenvalue weighted by atomic mass is 127. The Morgan fingerprint density at radius 2 is 2.24 bits per heavy atom. The first kappa shape index (κ1) is 12.9. The van der Waals surface area contributed by atoms with E-state index in [0.29, 0.717) is 0 Å². The average molecular weight is 406 g/mol. The van der Waals surface area contributed by atoms with E-state index in [1.54, 1.807) is 0 Å². The molecule has 0 amide bonds. The van der Waals surface area contributed by atoms with E-state index in [1.807, 2.05) is 13.1 Å². The van der Waals surface area contributed by atoms with Crippen molar-refractivity contribution >= 4 is 50.2 Å². The Hall–Kier alpha value is -0.560. The first-order valence-corrected chi connectivity index (χ1v) is 7.23. The second-order valence-electron chi connectivity index (χ2n) is 3.74. The number of nitrogens with zero attached hydrogens (tertiary/aromatic N) is 2. The van der Waals surface area contributed by atoms with Gasteiger partial charge in [0.1, 0.15) is 0 Å². The molecule has 1 aromatic heterocycles. The topological polar surface area (TPSA) is 29.9 Å². The number of rotatable bonds is 3. The molecule has 0 unspecified atom stereocenters. The lowest BCUT2D eigenvalue weighted by Gasteiger charge is -2.09. The zero-order chi connectivity index (χ0) is 12.4. The summed E-state index contributed by atoms with van der Waals surface area (Å²) in [4.78, 5) is 4.47. The Morgan fingerprint density at radius 3 is 2.88 bits per heavy atom. The molecule has 0 saturated heterocycles. The van der Waals surface area contributed by atoms with E-state index in [2.05, 4.69) is 78.5 Å². The fraction of sp³-hybridized carbons (Fsp3) is 0.250. The van der Waals surface area contributed by atoms with Crippen molar-refractivity contribution < 1.29 is 0 Å². The molecule has 0 aliphatic carbocycles. The van der Waals surface area contributed by atoms with Crippen molar-refractivity contribution in [1.29, 1.82) is 0 Å². The summed E-state index contributed by atoms with van der Waals surface area (Å²) in [5, 5.41) is 3.34. The molecule has 17 heavy (non-hydrogen) atoms. The van der Waals surface area contributed by atoms with Crippen molar-refractivity contribution in [1.82, 2.24) is 9.55 Å². The van der Waals surface area contributed by atoms with E-state index >= 15 is 0 Å². The molecule has 2 aromatic rings. The third-order valence-corrected chi connectivity index (χ3v) is 3.74. The highest BCUT2D eigenvalue weighted by molar-refractivity contribution is 14.1. The maximum absolute atomic E-state index is 4.47. The van der Waals surface area contributed by atoms with Crippen molar-refractivity contribution in [3.63, 3.8) is 0 Å². The highest BCUT2D eigenvalue weighted by Crippen LogP contribution is 2.27. The number of hydrogen-bond donors (Lipinski definition) is 1. The molecule has 1 aromatic carbocycles. The van der Waals surface area contributed by atoms with Crippen molar-refractivity contribution in [3.8, 4) is 0 Å². The van der Waals surface area contributed by atoms with Crippen LogP contribution in [-0.4, -0.2) is 9.55 Å². The van der Waals surface area contributed by atoms with Gasteiger partial charge < -0.3 is 9.88 Å². The van der Waals surface area contributed by atoms with E-state index in [1.165, 1.54) is 3.57 Å². The van der Waals surface area contributed by atoms with Gasteiger partial charge in [-0.15, -0.1) is 0 Å². The van der Waals surface area contributed by atoms with Gasteiger partial charge in [0.15, 0.2) is 0 Å². The van der Waals surface area contributed by atoms with E-state index in [9.17, 15) is 0 Å². The maximum Gasteiger partial charge on any atom is 0.207 e. The Morgan fingerprint density at radius 1 is 1.47 bits per heavy atom. The van der Waals surface area contributed by atoms with Gasteiger partial charge in [-0.1, -0.05) is 0 Å². The quantitative estimate of drug-likeness (QED) is 0.770. The molecular formula is C12H13BrIN3. The van der Waals surface area contributed by atoms with Gasteiger partial charge >= 0.3 is 0 Å². The average Bonchev–Trinajstić information content (AvgIpc) is 2.63. The number of aromatic nitrogens is 2. The molecule has 3 nitrogen and oxygen atoms in total. The SMILES string of the molecule is CCn1cc(C)nc1Nc1ccc(I)cc1Br. The number of benzene rings is 1. The van der Waals surface area contributed by atoms with E-state index in [4.69, 9.17) is 0 Å². The summed E-state index contributed by atoms with van der Waals surface area (Å²) < 4.78 is 4.35. The number of hydrogen-bond acceptors (Lipinski definition) is 2. The van der Waals surface area contributed by atoms with Crippen LogP contribution in [0.3, 0.4) is 0 Å². The summed E-state index contributed by atoms with van der Waals surface area (Å²) in [7, 11) is 0. The van der Waals surface area contributed by atoms with E-state index in [0.717, 1.165) is 28.3 Å². The van der Waals surface area contributed by atoms with Gasteiger partial charge in [-0.05, 0) is 70.6 Å². The van der Waals surface area contributed by atoms with Gasteiger partial charge in [0, 0.05) is 20.8 Å². The summed E-state index contributed by atoms with van der Waals surface area (Å²) in [6.07, 6.45) is 2.04. The van der Waals surface area contributed by atoms with Crippen LogP contribution < -0.4 is 5.32 Å². The first-order valence-electron chi connectivity index (χ1n) is 5.36. The van der Waals surface area contributed by atoms with E-state index in [-0.39, 0.29) is 0 Å². The normalized spacial score (nSPS) is 10.6. The third-order valence-electron chi connectivity index (χ3n) is 2.42. The largest absolute Gasteiger partial charge is 0.325 e. The van der Waals surface area contributed by atoms with Crippen LogP contribution >= 0.6 is 38.5 Å². The fourth-order valence-corrected chi connectivity index (χ4v) is 3.00. The lowest BCUT2D eigenvalue weighted by atomic mass is 10.3. The summed E-state index contributed by atoms with van der Waals surface area (Å²) in [6.45, 7) is 5.01. The molecule has 2 rings (SSSR count). The van der Waals surface area contributed by atoms with Crippen LogP contribution in [0.5, 0.6) is 0 Å². The fourth-order valence-electron chi connectivity index (χ4n) is 1.60. The van der Waals surface area contributed by atoms with Crippen LogP contribution in [0.2, 0.25) is 0 Å². The Bertz CT molecular complexity index is 537. The van der Waals surface area contributed by atoms with Gasteiger partial charge in [-0.3, -0.25) is 0 Å². The molecule has 0 bridgehead atoms. The van der Waals surface area contributed by atoms with Crippen molar-refractivity contribution in [2.45, 2.75) is 20.4 Å². The molecular weight excluding hydrogens is 393 g/mol. The van der Waals surface area contributed by atoms with Gasteiger partial charge in [-0.2, -0.15) is 0 Å². The second kappa shape index (κ2) is 5.39. The predicted molar refractivity (Wildman–Crippen MR) is 82.8 cm³/mol. The summed E-state index contributed by atoms with van der Waals surface area (Å²) in [5.41, 5.74) is 2.06. The standard InChI is InChI=1S/C12H13BrIN3/c1-3-17-7-8(2)15-12(17)16-11-5-4-9(14)6-10(11)13/h4-7H,3H2,1-2H3,(H,15,16). The van der Waals surface area contributed by atoms with Gasteiger partial charge in [-0.25, -0.2) is 4.98 Å². The number of imidazole rings is 1. The minimum Gasteiger partial charge on any atom is -0.325 e. The molecule has 0 fully saturated rings. The third kappa shape index (κ3) is 3.01. The van der Waals surface area contributed by atoms with Crippen molar-refractivity contribution in [2.24, 2.45) is 0 Å². The van der Waals surface area contributed by atoms with Crippen molar-refractivity contribution in [2.75, 3.05) is 5.32 Å². The lowest BCUT2D eigenvalue weighted by Crippen LogP contribution is -2.01. The number of anilines is 2. The molecule has 0 aliphatic rings. The van der Waals surface area contributed by atoms with Crippen molar-refractivity contribution in [3.05, 3.63) is 38.1 Å². The molecule has 90 valence electrons. The zero-order valence-electron chi connectivity index (χ0n) is 9.67. The molecule has 5 heteroatoms. The molecule has 0 saturated carbocycles. The number of aryl methyl sites for hydroxylation is 2. The minimum atomic E-state index is 0.881. The van der Waals surface area contributed by atoms with Gasteiger partial charge in [0.2, 0.25) is 5.95 Å². The van der Waals surface area contributed by atoms with Crippen LogP contribution in [-0.2, 0) is 6.54 Å². The molecule has 1 N–H and O–H groups in total. The lowest BCUT2D eigenvalue weighted by molar-refractivity contribution is 0.771. The first-order chi connectivity index (χ1) is 8.10. The minimum absolute atomic E-state index is 0.881. The van der Waals surface area contributed by atoms with Gasteiger partial charge in [0.25, 0.3) is 0 Å². The summed E-state index contributed by atoms with van der Waals surface area (Å²) in [5.74, 6) is 0.881. The molecule has 1 heterocycles. The van der Waals surface area contributed by atoms with Crippen LogP contribution in [0.25, 0.3) is 0 Å². The smallest absolute Gasteiger partial charge is 0.207 e. The van der Waals surface area contributed by atoms with Crippen LogP contribution in [0.15, 0.2) is 28.9 Å². The molecule has 0 atom stereocenters. The Balaban J connectivity index is 2.30. The summed E-state index contributed by atoms with van der Waals surface area (Å²) >= 11 is 5.85. The van der Waals surface area contributed by atoms with Crippen LogP contribution in [0, 0.1) is 10.5 Å². The highest BCUT2D eigenvalue weighted by Gasteiger charge is 2.06. The second-order valence-corrected chi connectivity index (χ2v) is 5.84. The van der Waals surface area contributed by atoms with Crippen LogP contribution in [0.1, 0.15) is 12.6 Å². The number of halogens is 2. The Labute approximate surface area is 123 Å². The summed E-state index contributed by atoms with van der Waals surface area (Å²) in [6, 6.07) is 6.20. The Kier molecular flexibility index (Phi) is 4.09. The molecule has 0 spiro atoms.